The molecule has 1 amide bonds. The van der Waals surface area contributed by atoms with Gasteiger partial charge in [-0.3, -0.25) is 14.1 Å². The van der Waals surface area contributed by atoms with Gasteiger partial charge in [-0.15, -0.1) is 0 Å². The fourth-order valence-corrected chi connectivity index (χ4v) is 5.07. The first-order valence-electron chi connectivity index (χ1n) is 9.84. The van der Waals surface area contributed by atoms with Crippen LogP contribution in [0.4, 0.5) is 0 Å². The van der Waals surface area contributed by atoms with E-state index >= 15 is 0 Å². The first kappa shape index (κ1) is 16.7. The Bertz CT molecular complexity index is 993. The zero-order chi connectivity index (χ0) is 18.6. The SMILES string of the molecule is C[C@@H]1CCN([C@]2(C)CCN(C=O)C2)C(c2ncc3cnc4[nH]ccc4n23)C1. The topological polar surface area (TPSA) is 69.5 Å². The van der Waals surface area contributed by atoms with E-state index < -0.39 is 0 Å². The molecule has 2 fully saturated rings. The van der Waals surface area contributed by atoms with Crippen LogP contribution in [-0.2, 0) is 4.79 Å². The Kier molecular flexibility index (Phi) is 3.75. The Morgan fingerprint density at radius 3 is 2.96 bits per heavy atom. The molecule has 3 aromatic heterocycles. The van der Waals surface area contributed by atoms with Gasteiger partial charge in [-0.05, 0) is 44.7 Å². The first-order chi connectivity index (χ1) is 13.1. The molecule has 2 saturated heterocycles. The van der Waals surface area contributed by atoms with Crippen LogP contribution in [-0.4, -0.2) is 60.7 Å². The molecule has 0 aromatic carbocycles. The molecule has 1 N–H and O–H groups in total. The molecule has 5 rings (SSSR count). The Hall–Kier alpha value is -2.41. The van der Waals surface area contributed by atoms with E-state index in [1.165, 1.54) is 6.42 Å². The average molecular weight is 366 g/mol. The number of hydrogen-bond donors (Lipinski definition) is 1. The molecular formula is C20H26N6O. The van der Waals surface area contributed by atoms with Gasteiger partial charge in [0.2, 0.25) is 6.41 Å². The van der Waals surface area contributed by atoms with Crippen molar-refractivity contribution in [3.05, 3.63) is 30.5 Å². The summed E-state index contributed by atoms with van der Waals surface area (Å²) in [6.07, 6.45) is 10.0. The van der Waals surface area contributed by atoms with Crippen LogP contribution in [0.3, 0.4) is 0 Å². The Morgan fingerprint density at radius 1 is 1.30 bits per heavy atom. The Morgan fingerprint density at radius 2 is 2.15 bits per heavy atom. The van der Waals surface area contributed by atoms with E-state index in [1.54, 1.807) is 0 Å². The van der Waals surface area contributed by atoms with Crippen LogP contribution in [0.2, 0.25) is 0 Å². The molecule has 27 heavy (non-hydrogen) atoms. The maximum Gasteiger partial charge on any atom is 0.209 e. The smallest absolute Gasteiger partial charge is 0.209 e. The van der Waals surface area contributed by atoms with Gasteiger partial charge in [0.15, 0.2) is 5.65 Å². The standard InChI is InChI=1S/C20H26N6O/c1-14-4-7-25(20(2)5-8-24(12-20)13-27)17(9-14)19-23-11-15-10-22-18-16(26(15)19)3-6-21-18/h3,6,10-11,13-14,17,21H,4-5,7-9,12H2,1-2H3/t14-,17?,20-/m1/s1. The lowest BCUT2D eigenvalue weighted by molar-refractivity contribution is -0.117. The van der Waals surface area contributed by atoms with E-state index in [4.69, 9.17) is 4.98 Å². The highest BCUT2D eigenvalue weighted by atomic mass is 16.1. The van der Waals surface area contributed by atoms with Crippen LogP contribution >= 0.6 is 0 Å². The molecular weight excluding hydrogens is 340 g/mol. The quantitative estimate of drug-likeness (QED) is 0.724. The number of hydrogen-bond acceptors (Lipinski definition) is 4. The summed E-state index contributed by atoms with van der Waals surface area (Å²) in [5, 5.41) is 0. The second-order valence-corrected chi connectivity index (χ2v) is 8.51. The molecule has 3 aromatic rings. The van der Waals surface area contributed by atoms with Crippen molar-refractivity contribution in [2.75, 3.05) is 19.6 Å². The number of carbonyl (C=O) groups excluding carboxylic acids is 1. The summed E-state index contributed by atoms with van der Waals surface area (Å²) < 4.78 is 2.25. The molecule has 7 nitrogen and oxygen atoms in total. The van der Waals surface area contributed by atoms with Crippen LogP contribution in [0.25, 0.3) is 16.7 Å². The number of aromatic nitrogens is 4. The number of carbonyl (C=O) groups is 1. The molecule has 3 atom stereocenters. The van der Waals surface area contributed by atoms with Crippen molar-refractivity contribution in [1.29, 1.82) is 0 Å². The van der Waals surface area contributed by atoms with Crippen molar-refractivity contribution >= 4 is 23.1 Å². The lowest BCUT2D eigenvalue weighted by atomic mass is 9.86. The highest BCUT2D eigenvalue weighted by Gasteiger charge is 2.45. The van der Waals surface area contributed by atoms with Crippen molar-refractivity contribution in [1.82, 2.24) is 29.2 Å². The summed E-state index contributed by atoms with van der Waals surface area (Å²) in [5.74, 6) is 1.75. The number of likely N-dealkylation sites (tertiary alicyclic amines) is 2. The summed E-state index contributed by atoms with van der Waals surface area (Å²) in [4.78, 5) is 28.4. The maximum atomic E-state index is 11.3. The molecule has 0 aliphatic carbocycles. The van der Waals surface area contributed by atoms with Crippen molar-refractivity contribution in [3.8, 4) is 0 Å². The molecule has 2 aliphatic rings. The number of rotatable bonds is 3. The summed E-state index contributed by atoms with van der Waals surface area (Å²) in [7, 11) is 0. The number of aromatic amines is 1. The van der Waals surface area contributed by atoms with Crippen LogP contribution in [0.5, 0.6) is 0 Å². The Balaban J connectivity index is 1.62. The fourth-order valence-electron chi connectivity index (χ4n) is 5.07. The third-order valence-corrected chi connectivity index (χ3v) is 6.57. The lowest BCUT2D eigenvalue weighted by Crippen LogP contribution is -2.53. The monoisotopic (exact) mass is 366 g/mol. The van der Waals surface area contributed by atoms with Gasteiger partial charge in [-0.2, -0.15) is 0 Å². The first-order valence-corrected chi connectivity index (χ1v) is 9.84. The predicted octanol–water partition coefficient (Wildman–Crippen LogP) is 2.60. The summed E-state index contributed by atoms with van der Waals surface area (Å²) in [6.45, 7) is 7.33. The minimum atomic E-state index is 0.00183. The van der Waals surface area contributed by atoms with Crippen molar-refractivity contribution in [3.63, 3.8) is 0 Å². The van der Waals surface area contributed by atoms with Crippen LogP contribution in [0.15, 0.2) is 24.7 Å². The molecule has 0 bridgehead atoms. The van der Waals surface area contributed by atoms with Crippen molar-refractivity contribution < 1.29 is 4.79 Å². The molecule has 0 spiro atoms. The van der Waals surface area contributed by atoms with Crippen LogP contribution in [0, 0.1) is 5.92 Å². The van der Waals surface area contributed by atoms with Crippen LogP contribution < -0.4 is 0 Å². The van der Waals surface area contributed by atoms with E-state index in [1.807, 2.05) is 23.5 Å². The third-order valence-electron chi connectivity index (χ3n) is 6.57. The average Bonchev–Trinajstić information content (AvgIpc) is 3.38. The van der Waals surface area contributed by atoms with E-state index in [0.29, 0.717) is 5.92 Å². The largest absolute Gasteiger partial charge is 0.345 e. The molecule has 5 heterocycles. The zero-order valence-corrected chi connectivity index (χ0v) is 15.9. The molecule has 1 unspecified atom stereocenters. The number of fused-ring (bicyclic) bond motifs is 3. The fraction of sp³-hybridized carbons (Fsp3) is 0.550. The Labute approximate surface area is 158 Å². The number of amides is 1. The summed E-state index contributed by atoms with van der Waals surface area (Å²) in [5.41, 5.74) is 2.99. The highest BCUT2D eigenvalue weighted by molar-refractivity contribution is 5.75. The predicted molar refractivity (Wildman–Crippen MR) is 103 cm³/mol. The van der Waals surface area contributed by atoms with E-state index in [0.717, 1.165) is 61.4 Å². The lowest BCUT2D eigenvalue weighted by Gasteiger charge is -2.47. The maximum absolute atomic E-state index is 11.3. The van der Waals surface area contributed by atoms with Gasteiger partial charge >= 0.3 is 0 Å². The molecule has 7 heteroatoms. The summed E-state index contributed by atoms with van der Waals surface area (Å²) >= 11 is 0. The second kappa shape index (κ2) is 6.05. The number of piperidine rings is 1. The minimum absolute atomic E-state index is 0.00183. The summed E-state index contributed by atoms with van der Waals surface area (Å²) in [6, 6.07) is 2.32. The zero-order valence-electron chi connectivity index (χ0n) is 15.9. The van der Waals surface area contributed by atoms with Crippen molar-refractivity contribution in [2.45, 2.75) is 44.7 Å². The molecule has 0 radical (unpaired) electrons. The third kappa shape index (κ3) is 2.56. The molecule has 142 valence electrons. The number of imidazole rings is 1. The molecule has 2 aliphatic heterocycles. The van der Waals surface area contributed by atoms with E-state index in [-0.39, 0.29) is 11.6 Å². The van der Waals surface area contributed by atoms with Gasteiger partial charge < -0.3 is 9.88 Å². The van der Waals surface area contributed by atoms with Gasteiger partial charge in [0, 0.05) is 24.8 Å². The van der Waals surface area contributed by atoms with E-state index in [2.05, 4.69) is 39.2 Å². The number of nitrogens with one attached hydrogen (secondary N) is 1. The van der Waals surface area contributed by atoms with Gasteiger partial charge in [0.1, 0.15) is 5.82 Å². The minimum Gasteiger partial charge on any atom is -0.345 e. The van der Waals surface area contributed by atoms with Gasteiger partial charge in [-0.1, -0.05) is 6.92 Å². The molecule has 0 saturated carbocycles. The van der Waals surface area contributed by atoms with Crippen LogP contribution in [0.1, 0.15) is 45.0 Å². The van der Waals surface area contributed by atoms with Gasteiger partial charge in [0.05, 0.1) is 29.5 Å². The van der Waals surface area contributed by atoms with Gasteiger partial charge in [0.25, 0.3) is 0 Å². The number of H-pyrrole nitrogens is 1. The van der Waals surface area contributed by atoms with Crippen molar-refractivity contribution in [2.24, 2.45) is 5.92 Å². The number of nitrogens with zero attached hydrogens (tertiary/aromatic N) is 5. The normalized spacial score (nSPS) is 29.8. The highest BCUT2D eigenvalue weighted by Crippen LogP contribution is 2.41. The second-order valence-electron chi connectivity index (χ2n) is 8.51. The van der Waals surface area contributed by atoms with Gasteiger partial charge in [-0.25, -0.2) is 9.97 Å². The van der Waals surface area contributed by atoms with E-state index in [9.17, 15) is 4.79 Å².